The number of benzene rings is 1. The predicted octanol–water partition coefficient (Wildman–Crippen LogP) is 1.52. The Bertz CT molecular complexity index is 353. The Hall–Kier alpha value is -1.26. The molecule has 1 unspecified atom stereocenters. The van der Waals surface area contributed by atoms with Crippen LogP contribution in [0.4, 0.5) is 0 Å². The van der Waals surface area contributed by atoms with Crippen molar-refractivity contribution in [2.75, 3.05) is 27.8 Å². The number of aliphatic hydroxyl groups excluding tert-OH is 1. The third-order valence-electron chi connectivity index (χ3n) is 2.50. The number of nitrogens with zero attached hydrogens (tertiary/aromatic N) is 1. The third kappa shape index (κ3) is 4.24. The summed E-state index contributed by atoms with van der Waals surface area (Å²) in [6.07, 6.45) is -0.336. The molecule has 0 aliphatic rings. The van der Waals surface area contributed by atoms with Crippen LogP contribution < -0.4 is 9.47 Å². The number of likely N-dealkylation sites (N-methyl/N-ethyl adjacent to an activating group) is 1. The van der Waals surface area contributed by atoms with Gasteiger partial charge in [0.05, 0.1) is 20.3 Å². The quantitative estimate of drug-likeness (QED) is 0.817. The maximum absolute atomic E-state index is 9.33. The molecule has 1 N–H and O–H groups in total. The molecule has 1 aromatic carbocycles. The SMILES string of the molecule is COc1ccc(OC)c(CN(C)CC(C)O)c1. The summed E-state index contributed by atoms with van der Waals surface area (Å²) in [6.45, 7) is 3.12. The van der Waals surface area contributed by atoms with Crippen LogP contribution in [-0.2, 0) is 6.54 Å². The van der Waals surface area contributed by atoms with Gasteiger partial charge in [-0.2, -0.15) is 0 Å². The van der Waals surface area contributed by atoms with Gasteiger partial charge in [0.1, 0.15) is 11.5 Å². The Kier molecular flexibility index (Phi) is 5.25. The summed E-state index contributed by atoms with van der Waals surface area (Å²) < 4.78 is 10.5. The summed E-state index contributed by atoms with van der Waals surface area (Å²) in [4.78, 5) is 2.04. The molecule has 1 atom stereocenters. The summed E-state index contributed by atoms with van der Waals surface area (Å²) in [5.41, 5.74) is 1.05. The van der Waals surface area contributed by atoms with Crippen LogP contribution in [0.1, 0.15) is 12.5 Å². The van der Waals surface area contributed by atoms with Crippen LogP contribution in [-0.4, -0.2) is 43.9 Å². The Labute approximate surface area is 103 Å². The van der Waals surface area contributed by atoms with E-state index in [0.717, 1.165) is 17.1 Å². The minimum absolute atomic E-state index is 0.336. The van der Waals surface area contributed by atoms with Crippen LogP contribution in [0.5, 0.6) is 11.5 Å². The number of rotatable bonds is 6. The van der Waals surface area contributed by atoms with Crippen molar-refractivity contribution >= 4 is 0 Å². The van der Waals surface area contributed by atoms with Gasteiger partial charge in [0, 0.05) is 18.7 Å². The summed E-state index contributed by atoms with van der Waals surface area (Å²) in [7, 11) is 5.26. The van der Waals surface area contributed by atoms with E-state index in [9.17, 15) is 5.11 Å². The lowest BCUT2D eigenvalue weighted by Gasteiger charge is -2.20. The van der Waals surface area contributed by atoms with Crippen molar-refractivity contribution in [2.24, 2.45) is 0 Å². The summed E-state index contributed by atoms with van der Waals surface area (Å²) in [5.74, 6) is 1.65. The fourth-order valence-corrected chi connectivity index (χ4v) is 1.81. The van der Waals surface area contributed by atoms with E-state index in [0.29, 0.717) is 13.1 Å². The molecule has 0 radical (unpaired) electrons. The average Bonchev–Trinajstić information content (AvgIpc) is 2.27. The van der Waals surface area contributed by atoms with Crippen molar-refractivity contribution in [2.45, 2.75) is 19.6 Å². The smallest absolute Gasteiger partial charge is 0.123 e. The summed E-state index contributed by atoms with van der Waals surface area (Å²) in [5, 5.41) is 9.33. The molecule has 4 nitrogen and oxygen atoms in total. The average molecular weight is 239 g/mol. The Morgan fingerprint density at radius 3 is 2.53 bits per heavy atom. The van der Waals surface area contributed by atoms with Crippen molar-refractivity contribution in [3.8, 4) is 11.5 Å². The number of hydrogen-bond acceptors (Lipinski definition) is 4. The molecule has 0 saturated carbocycles. The van der Waals surface area contributed by atoms with Gasteiger partial charge in [0.15, 0.2) is 0 Å². The molecular weight excluding hydrogens is 218 g/mol. The van der Waals surface area contributed by atoms with Crippen LogP contribution in [0.2, 0.25) is 0 Å². The molecule has 0 aliphatic heterocycles. The summed E-state index contributed by atoms with van der Waals surface area (Å²) >= 11 is 0. The highest BCUT2D eigenvalue weighted by molar-refractivity contribution is 5.40. The highest BCUT2D eigenvalue weighted by Crippen LogP contribution is 2.24. The minimum Gasteiger partial charge on any atom is -0.497 e. The van der Waals surface area contributed by atoms with E-state index in [4.69, 9.17) is 9.47 Å². The van der Waals surface area contributed by atoms with E-state index in [1.165, 1.54) is 0 Å². The molecule has 0 fully saturated rings. The second kappa shape index (κ2) is 6.47. The topological polar surface area (TPSA) is 41.9 Å². The molecule has 96 valence electrons. The Balaban J connectivity index is 2.80. The van der Waals surface area contributed by atoms with E-state index in [1.807, 2.05) is 30.1 Å². The van der Waals surface area contributed by atoms with Gasteiger partial charge in [0.2, 0.25) is 0 Å². The maximum atomic E-state index is 9.33. The maximum Gasteiger partial charge on any atom is 0.123 e. The Morgan fingerprint density at radius 1 is 1.29 bits per heavy atom. The third-order valence-corrected chi connectivity index (χ3v) is 2.50. The lowest BCUT2D eigenvalue weighted by atomic mass is 10.1. The summed E-state index contributed by atoms with van der Waals surface area (Å²) in [6, 6.07) is 5.72. The molecular formula is C13H21NO3. The van der Waals surface area contributed by atoms with Gasteiger partial charge in [-0.15, -0.1) is 0 Å². The largest absolute Gasteiger partial charge is 0.497 e. The number of aliphatic hydroxyl groups is 1. The van der Waals surface area contributed by atoms with Gasteiger partial charge in [-0.05, 0) is 32.2 Å². The van der Waals surface area contributed by atoms with Gasteiger partial charge < -0.3 is 14.6 Å². The van der Waals surface area contributed by atoms with Gasteiger partial charge >= 0.3 is 0 Å². The molecule has 4 heteroatoms. The van der Waals surface area contributed by atoms with Gasteiger partial charge in [-0.25, -0.2) is 0 Å². The van der Waals surface area contributed by atoms with Crippen molar-refractivity contribution in [1.82, 2.24) is 4.90 Å². The lowest BCUT2D eigenvalue weighted by molar-refractivity contribution is 0.138. The monoisotopic (exact) mass is 239 g/mol. The Morgan fingerprint density at radius 2 is 2.00 bits per heavy atom. The number of methoxy groups -OCH3 is 2. The fraction of sp³-hybridized carbons (Fsp3) is 0.538. The lowest BCUT2D eigenvalue weighted by Crippen LogP contribution is -2.26. The van der Waals surface area contributed by atoms with Crippen LogP contribution in [0.3, 0.4) is 0 Å². The highest BCUT2D eigenvalue weighted by atomic mass is 16.5. The first-order valence-electron chi connectivity index (χ1n) is 5.64. The van der Waals surface area contributed by atoms with Gasteiger partial charge in [0.25, 0.3) is 0 Å². The van der Waals surface area contributed by atoms with Gasteiger partial charge in [-0.3, -0.25) is 4.90 Å². The fourth-order valence-electron chi connectivity index (χ4n) is 1.81. The van der Waals surface area contributed by atoms with Crippen molar-refractivity contribution in [1.29, 1.82) is 0 Å². The first kappa shape index (κ1) is 13.8. The van der Waals surface area contributed by atoms with Crippen molar-refractivity contribution in [3.05, 3.63) is 23.8 Å². The van der Waals surface area contributed by atoms with Crippen molar-refractivity contribution < 1.29 is 14.6 Å². The number of hydrogen-bond donors (Lipinski definition) is 1. The zero-order chi connectivity index (χ0) is 12.8. The molecule has 1 aromatic rings. The standard InChI is InChI=1S/C13H21NO3/c1-10(15)8-14(2)9-11-7-12(16-3)5-6-13(11)17-4/h5-7,10,15H,8-9H2,1-4H3. The van der Waals surface area contributed by atoms with Crippen LogP contribution >= 0.6 is 0 Å². The normalized spacial score (nSPS) is 12.6. The van der Waals surface area contributed by atoms with Crippen LogP contribution in [0.25, 0.3) is 0 Å². The van der Waals surface area contributed by atoms with Gasteiger partial charge in [-0.1, -0.05) is 0 Å². The zero-order valence-electron chi connectivity index (χ0n) is 10.9. The molecule has 0 spiro atoms. The van der Waals surface area contributed by atoms with E-state index in [-0.39, 0.29) is 6.10 Å². The first-order chi connectivity index (χ1) is 8.06. The predicted molar refractivity (Wildman–Crippen MR) is 67.6 cm³/mol. The molecule has 0 bridgehead atoms. The zero-order valence-corrected chi connectivity index (χ0v) is 10.9. The van der Waals surface area contributed by atoms with E-state index < -0.39 is 0 Å². The van der Waals surface area contributed by atoms with E-state index in [1.54, 1.807) is 21.1 Å². The molecule has 0 amide bonds. The molecule has 0 saturated heterocycles. The number of ether oxygens (including phenoxy) is 2. The molecule has 1 rings (SSSR count). The van der Waals surface area contributed by atoms with Crippen LogP contribution in [0, 0.1) is 0 Å². The minimum atomic E-state index is -0.336. The first-order valence-corrected chi connectivity index (χ1v) is 5.64. The second-order valence-corrected chi connectivity index (χ2v) is 4.22. The van der Waals surface area contributed by atoms with Crippen LogP contribution in [0.15, 0.2) is 18.2 Å². The molecule has 0 aliphatic carbocycles. The molecule has 0 heterocycles. The second-order valence-electron chi connectivity index (χ2n) is 4.22. The van der Waals surface area contributed by atoms with E-state index >= 15 is 0 Å². The molecule has 0 aromatic heterocycles. The molecule has 17 heavy (non-hydrogen) atoms. The van der Waals surface area contributed by atoms with Crippen molar-refractivity contribution in [3.63, 3.8) is 0 Å². The van der Waals surface area contributed by atoms with E-state index in [2.05, 4.69) is 0 Å². The highest BCUT2D eigenvalue weighted by Gasteiger charge is 2.09.